The van der Waals surface area contributed by atoms with Gasteiger partial charge >= 0.3 is 0 Å². The summed E-state index contributed by atoms with van der Waals surface area (Å²) < 4.78 is 0. The minimum Gasteiger partial charge on any atom is -0.350 e. The molecule has 1 aliphatic rings. The molecule has 0 aromatic heterocycles. The van der Waals surface area contributed by atoms with Crippen LogP contribution >= 0.6 is 0 Å². The lowest BCUT2D eigenvalue weighted by molar-refractivity contribution is -0.131. The number of nitrogens with one attached hydrogen (secondary N) is 2. The van der Waals surface area contributed by atoms with Crippen LogP contribution in [0.1, 0.15) is 23.6 Å². The van der Waals surface area contributed by atoms with E-state index in [0.717, 1.165) is 16.7 Å². The Hall–Kier alpha value is -2.91. The number of carbonyl (C=O) groups is 1. The zero-order valence-electron chi connectivity index (χ0n) is 14.7. The van der Waals surface area contributed by atoms with Gasteiger partial charge in [-0.25, -0.2) is 0 Å². The number of benzene rings is 3. The molecule has 3 aromatic rings. The number of rotatable bonds is 5. The van der Waals surface area contributed by atoms with Crippen molar-refractivity contribution in [2.45, 2.75) is 24.5 Å². The Morgan fingerprint density at radius 1 is 0.731 bits per heavy atom. The molecule has 0 spiro atoms. The van der Waals surface area contributed by atoms with Crippen LogP contribution in [0.25, 0.3) is 0 Å². The van der Waals surface area contributed by atoms with Gasteiger partial charge in [-0.05, 0) is 23.6 Å². The third-order valence-corrected chi connectivity index (χ3v) is 5.14. The van der Waals surface area contributed by atoms with Gasteiger partial charge < -0.3 is 5.32 Å². The number of carbonyl (C=O) groups excluding carboxylic acids is 1. The lowest BCUT2D eigenvalue weighted by Gasteiger charge is -2.45. The SMILES string of the molecule is CC1NC(=O)[C@@H]1NC(c1ccccc1)(c1ccccc1)c1ccccc1. The average Bonchev–Trinajstić information content (AvgIpc) is 2.71. The fourth-order valence-corrected chi connectivity index (χ4v) is 3.77. The second-order valence-corrected chi connectivity index (χ2v) is 6.77. The standard InChI is InChI=1S/C23H22N2O/c1-17-21(22(26)24-17)25-23(18-11-5-2-6-12-18,19-13-7-3-8-14-19)20-15-9-4-10-16-20/h2-17,21,25H,1H3,(H,24,26)/t17?,21-/m1/s1. The van der Waals surface area contributed by atoms with Crippen LogP contribution in [-0.4, -0.2) is 18.0 Å². The summed E-state index contributed by atoms with van der Waals surface area (Å²) >= 11 is 0. The highest BCUT2D eigenvalue weighted by Gasteiger charge is 2.45. The van der Waals surface area contributed by atoms with Gasteiger partial charge in [0.05, 0.1) is 11.6 Å². The molecule has 130 valence electrons. The van der Waals surface area contributed by atoms with Crippen LogP contribution in [0.5, 0.6) is 0 Å². The van der Waals surface area contributed by atoms with Crippen molar-refractivity contribution in [1.82, 2.24) is 10.6 Å². The summed E-state index contributed by atoms with van der Waals surface area (Å²) in [5, 5.41) is 6.63. The lowest BCUT2D eigenvalue weighted by Crippen LogP contribution is -2.70. The van der Waals surface area contributed by atoms with Crippen LogP contribution < -0.4 is 10.6 Å². The second kappa shape index (κ2) is 6.77. The van der Waals surface area contributed by atoms with Crippen molar-refractivity contribution in [3.63, 3.8) is 0 Å². The summed E-state index contributed by atoms with van der Waals surface area (Å²) in [7, 11) is 0. The maximum absolute atomic E-state index is 12.2. The molecule has 1 amide bonds. The van der Waals surface area contributed by atoms with Crippen LogP contribution in [0.3, 0.4) is 0 Å². The monoisotopic (exact) mass is 342 g/mol. The van der Waals surface area contributed by atoms with Crippen LogP contribution in [0.4, 0.5) is 0 Å². The molecule has 1 heterocycles. The van der Waals surface area contributed by atoms with Crippen molar-refractivity contribution in [1.29, 1.82) is 0 Å². The summed E-state index contributed by atoms with van der Waals surface area (Å²) in [4.78, 5) is 12.2. The Balaban J connectivity index is 1.95. The molecule has 3 heteroatoms. The highest BCUT2D eigenvalue weighted by atomic mass is 16.2. The van der Waals surface area contributed by atoms with Crippen LogP contribution in [0.15, 0.2) is 91.0 Å². The summed E-state index contributed by atoms with van der Waals surface area (Å²) in [6, 6.07) is 30.9. The normalized spacial score (nSPS) is 19.5. The first-order chi connectivity index (χ1) is 12.7. The largest absolute Gasteiger partial charge is 0.350 e. The van der Waals surface area contributed by atoms with E-state index < -0.39 is 5.54 Å². The van der Waals surface area contributed by atoms with Crippen LogP contribution in [0.2, 0.25) is 0 Å². The van der Waals surface area contributed by atoms with E-state index in [9.17, 15) is 4.79 Å². The first-order valence-corrected chi connectivity index (χ1v) is 8.96. The second-order valence-electron chi connectivity index (χ2n) is 6.77. The molecule has 1 unspecified atom stereocenters. The number of β-lactam (4-membered cyclic amide) rings is 1. The maximum atomic E-state index is 12.2. The first kappa shape index (κ1) is 16.6. The van der Waals surface area contributed by atoms with Crippen LogP contribution in [-0.2, 0) is 10.3 Å². The summed E-state index contributed by atoms with van der Waals surface area (Å²) in [6.07, 6.45) is 0. The van der Waals surface area contributed by atoms with Gasteiger partial charge in [0.15, 0.2) is 0 Å². The van der Waals surface area contributed by atoms with Crippen LogP contribution in [0, 0.1) is 0 Å². The number of hydrogen-bond donors (Lipinski definition) is 2. The molecule has 1 aliphatic heterocycles. The van der Waals surface area contributed by atoms with E-state index in [1.54, 1.807) is 0 Å². The minimum atomic E-state index is -0.597. The zero-order valence-corrected chi connectivity index (χ0v) is 14.7. The third-order valence-electron chi connectivity index (χ3n) is 5.14. The molecule has 2 N–H and O–H groups in total. The fourth-order valence-electron chi connectivity index (χ4n) is 3.77. The van der Waals surface area contributed by atoms with E-state index in [1.165, 1.54) is 0 Å². The quantitative estimate of drug-likeness (QED) is 0.551. The molecule has 0 aliphatic carbocycles. The van der Waals surface area contributed by atoms with Gasteiger partial charge in [0.1, 0.15) is 6.04 Å². The average molecular weight is 342 g/mol. The Morgan fingerprint density at radius 2 is 1.12 bits per heavy atom. The topological polar surface area (TPSA) is 41.1 Å². The summed E-state index contributed by atoms with van der Waals surface area (Å²) in [5.41, 5.74) is 2.75. The Labute approximate surface area is 154 Å². The van der Waals surface area contributed by atoms with Gasteiger partial charge in [-0.1, -0.05) is 91.0 Å². The van der Waals surface area contributed by atoms with E-state index in [0.29, 0.717) is 0 Å². The molecule has 2 atom stereocenters. The predicted molar refractivity (Wildman–Crippen MR) is 104 cm³/mol. The highest BCUT2D eigenvalue weighted by molar-refractivity contribution is 5.89. The Morgan fingerprint density at radius 3 is 1.42 bits per heavy atom. The zero-order chi connectivity index (χ0) is 18.0. The molecular formula is C23H22N2O. The molecule has 0 bridgehead atoms. The molecular weight excluding hydrogens is 320 g/mol. The highest BCUT2D eigenvalue weighted by Crippen LogP contribution is 2.37. The van der Waals surface area contributed by atoms with Gasteiger partial charge in [0.25, 0.3) is 0 Å². The van der Waals surface area contributed by atoms with E-state index in [2.05, 4.69) is 47.0 Å². The maximum Gasteiger partial charge on any atom is 0.239 e. The van der Waals surface area contributed by atoms with E-state index in [4.69, 9.17) is 0 Å². The number of amides is 1. The van der Waals surface area contributed by atoms with Gasteiger partial charge in [0.2, 0.25) is 5.91 Å². The summed E-state index contributed by atoms with van der Waals surface area (Å²) in [5.74, 6) is 0.0460. The van der Waals surface area contributed by atoms with Gasteiger partial charge in [-0.15, -0.1) is 0 Å². The van der Waals surface area contributed by atoms with Gasteiger partial charge in [0, 0.05) is 0 Å². The van der Waals surface area contributed by atoms with Crippen molar-refractivity contribution >= 4 is 5.91 Å². The van der Waals surface area contributed by atoms with Crippen molar-refractivity contribution < 1.29 is 4.79 Å². The third kappa shape index (κ3) is 2.71. The number of hydrogen-bond acceptors (Lipinski definition) is 2. The predicted octanol–water partition coefficient (Wildman–Crippen LogP) is 3.46. The van der Waals surface area contributed by atoms with E-state index in [-0.39, 0.29) is 18.0 Å². The van der Waals surface area contributed by atoms with E-state index >= 15 is 0 Å². The van der Waals surface area contributed by atoms with Gasteiger partial charge in [-0.2, -0.15) is 0 Å². The van der Waals surface area contributed by atoms with Gasteiger partial charge in [-0.3, -0.25) is 10.1 Å². The molecule has 1 saturated heterocycles. The lowest BCUT2D eigenvalue weighted by atomic mass is 9.75. The molecule has 3 nitrogen and oxygen atoms in total. The molecule has 0 saturated carbocycles. The molecule has 26 heavy (non-hydrogen) atoms. The minimum absolute atomic E-state index is 0.0460. The first-order valence-electron chi connectivity index (χ1n) is 8.96. The van der Waals surface area contributed by atoms with Crippen molar-refractivity contribution in [3.05, 3.63) is 108 Å². The van der Waals surface area contributed by atoms with Crippen molar-refractivity contribution in [3.8, 4) is 0 Å². The molecule has 1 fully saturated rings. The smallest absolute Gasteiger partial charge is 0.239 e. The summed E-state index contributed by atoms with van der Waals surface area (Å²) in [6.45, 7) is 2.03. The van der Waals surface area contributed by atoms with E-state index in [1.807, 2.05) is 61.5 Å². The molecule has 0 radical (unpaired) electrons. The van der Waals surface area contributed by atoms with Crippen molar-refractivity contribution in [2.24, 2.45) is 0 Å². The fraction of sp³-hybridized carbons (Fsp3) is 0.174. The van der Waals surface area contributed by atoms with Crippen molar-refractivity contribution in [2.75, 3.05) is 0 Å². The molecule has 3 aromatic carbocycles. The Kier molecular flexibility index (Phi) is 4.31. The molecule has 4 rings (SSSR count). The Bertz CT molecular complexity index is 781.